The second-order valence-corrected chi connectivity index (χ2v) is 8.90. The van der Waals surface area contributed by atoms with Crippen molar-refractivity contribution in [2.45, 2.75) is 88.9 Å². The van der Waals surface area contributed by atoms with Gasteiger partial charge in [0.1, 0.15) is 0 Å². The predicted octanol–water partition coefficient (Wildman–Crippen LogP) is 4.11. The lowest BCUT2D eigenvalue weighted by molar-refractivity contribution is -0.122. The monoisotopic (exact) mass is 386 g/mol. The van der Waals surface area contributed by atoms with E-state index < -0.39 is 0 Å². The van der Waals surface area contributed by atoms with Crippen molar-refractivity contribution >= 4 is 5.91 Å². The lowest BCUT2D eigenvalue weighted by atomic mass is 9.89. The molecule has 5 heteroatoms. The Hall–Kier alpha value is -1.75. The Morgan fingerprint density at radius 3 is 2.54 bits per heavy atom. The first-order chi connectivity index (χ1) is 13.6. The van der Waals surface area contributed by atoms with Crippen LogP contribution in [0.2, 0.25) is 0 Å². The molecule has 1 saturated carbocycles. The van der Waals surface area contributed by atoms with Gasteiger partial charge in [0.05, 0.1) is 19.3 Å². The molecule has 2 heterocycles. The van der Waals surface area contributed by atoms with Crippen LogP contribution in [0.3, 0.4) is 0 Å². The fraction of sp³-hybridized carbons (Fsp3) is 0.696. The van der Waals surface area contributed by atoms with Gasteiger partial charge >= 0.3 is 0 Å². The predicted molar refractivity (Wildman–Crippen MR) is 110 cm³/mol. The van der Waals surface area contributed by atoms with Crippen LogP contribution in [0.4, 0.5) is 0 Å². The van der Waals surface area contributed by atoms with E-state index in [0.29, 0.717) is 30.5 Å². The van der Waals surface area contributed by atoms with E-state index in [1.54, 1.807) is 7.11 Å². The summed E-state index contributed by atoms with van der Waals surface area (Å²) in [6, 6.07) is 7.25. The maximum Gasteiger partial charge on any atom is 0.220 e. The van der Waals surface area contributed by atoms with Crippen molar-refractivity contribution in [3.8, 4) is 11.5 Å². The molecule has 2 bridgehead atoms. The van der Waals surface area contributed by atoms with Crippen LogP contribution in [-0.2, 0) is 4.79 Å². The summed E-state index contributed by atoms with van der Waals surface area (Å²) in [4.78, 5) is 12.6. The zero-order valence-electron chi connectivity index (χ0n) is 17.2. The van der Waals surface area contributed by atoms with E-state index in [1.807, 2.05) is 25.1 Å². The van der Waals surface area contributed by atoms with Crippen LogP contribution in [0.1, 0.15) is 76.3 Å². The molecule has 28 heavy (non-hydrogen) atoms. The van der Waals surface area contributed by atoms with Crippen LogP contribution in [0.25, 0.3) is 0 Å². The number of carbonyl (C=O) groups excluding carboxylic acids is 1. The van der Waals surface area contributed by atoms with Crippen LogP contribution in [0.15, 0.2) is 18.2 Å². The highest BCUT2D eigenvalue weighted by molar-refractivity contribution is 5.76. The summed E-state index contributed by atoms with van der Waals surface area (Å²) in [6.45, 7) is 2.04. The minimum absolute atomic E-state index is 0.0413. The van der Waals surface area contributed by atoms with Crippen molar-refractivity contribution in [1.29, 1.82) is 0 Å². The SMILES string of the molecule is COc1cc(C(C)NC(=O)CC2CC3CCC(C2)N3)ccc1OC1CCCC1. The molecular weight excluding hydrogens is 352 g/mol. The number of hydrogen-bond donors (Lipinski definition) is 2. The van der Waals surface area contributed by atoms with E-state index in [9.17, 15) is 4.79 Å². The lowest BCUT2D eigenvalue weighted by Gasteiger charge is -2.29. The van der Waals surface area contributed by atoms with E-state index in [1.165, 1.54) is 25.7 Å². The Labute approximate surface area is 168 Å². The Kier molecular flexibility index (Phi) is 6.10. The molecule has 3 fully saturated rings. The summed E-state index contributed by atoms with van der Waals surface area (Å²) in [6.07, 6.45) is 10.5. The molecule has 0 radical (unpaired) electrons. The molecule has 0 aromatic heterocycles. The number of benzene rings is 1. The summed E-state index contributed by atoms with van der Waals surface area (Å²) >= 11 is 0. The minimum atomic E-state index is -0.0413. The molecule has 4 rings (SSSR count). The zero-order chi connectivity index (χ0) is 19.5. The minimum Gasteiger partial charge on any atom is -0.493 e. The number of fused-ring (bicyclic) bond motifs is 2. The van der Waals surface area contributed by atoms with Crippen LogP contribution < -0.4 is 20.1 Å². The van der Waals surface area contributed by atoms with E-state index >= 15 is 0 Å². The topological polar surface area (TPSA) is 59.6 Å². The molecule has 5 nitrogen and oxygen atoms in total. The van der Waals surface area contributed by atoms with Crippen molar-refractivity contribution in [2.24, 2.45) is 5.92 Å². The van der Waals surface area contributed by atoms with Gasteiger partial charge in [-0.2, -0.15) is 0 Å². The van der Waals surface area contributed by atoms with Crippen molar-refractivity contribution in [2.75, 3.05) is 7.11 Å². The average molecular weight is 387 g/mol. The van der Waals surface area contributed by atoms with E-state index in [2.05, 4.69) is 10.6 Å². The summed E-state index contributed by atoms with van der Waals surface area (Å²) in [5.74, 6) is 2.23. The second kappa shape index (κ2) is 8.73. The number of piperidine rings is 1. The molecule has 2 N–H and O–H groups in total. The normalized spacial score (nSPS) is 28.1. The highest BCUT2D eigenvalue weighted by Gasteiger charge is 2.34. The molecule has 3 atom stereocenters. The highest BCUT2D eigenvalue weighted by atomic mass is 16.5. The van der Waals surface area contributed by atoms with Gasteiger partial charge in [-0.25, -0.2) is 0 Å². The first-order valence-corrected chi connectivity index (χ1v) is 11.0. The highest BCUT2D eigenvalue weighted by Crippen LogP contribution is 2.35. The first kappa shape index (κ1) is 19.6. The van der Waals surface area contributed by atoms with Crippen LogP contribution >= 0.6 is 0 Å². The van der Waals surface area contributed by atoms with Crippen molar-refractivity contribution in [1.82, 2.24) is 10.6 Å². The molecule has 1 aromatic carbocycles. The third kappa shape index (κ3) is 4.62. The van der Waals surface area contributed by atoms with Gasteiger partial charge in [0.2, 0.25) is 5.91 Å². The smallest absolute Gasteiger partial charge is 0.220 e. The van der Waals surface area contributed by atoms with E-state index in [-0.39, 0.29) is 11.9 Å². The zero-order valence-corrected chi connectivity index (χ0v) is 17.2. The van der Waals surface area contributed by atoms with E-state index in [4.69, 9.17) is 9.47 Å². The fourth-order valence-electron chi connectivity index (χ4n) is 5.22. The molecule has 3 aliphatic rings. The summed E-state index contributed by atoms with van der Waals surface area (Å²) in [5.41, 5.74) is 1.05. The molecule has 2 saturated heterocycles. The molecule has 3 unspecified atom stereocenters. The Morgan fingerprint density at radius 1 is 1.14 bits per heavy atom. The average Bonchev–Trinajstić information content (AvgIpc) is 3.31. The van der Waals surface area contributed by atoms with Gasteiger partial charge < -0.3 is 20.1 Å². The Balaban J connectivity index is 1.33. The third-order valence-electron chi connectivity index (χ3n) is 6.71. The number of rotatable bonds is 7. The Bertz CT molecular complexity index is 674. The van der Waals surface area contributed by atoms with Crippen molar-refractivity contribution < 1.29 is 14.3 Å². The summed E-state index contributed by atoms with van der Waals surface area (Å²) in [7, 11) is 1.68. The van der Waals surface area contributed by atoms with Gasteiger partial charge in [-0.1, -0.05) is 6.07 Å². The molecule has 1 aliphatic carbocycles. The maximum atomic E-state index is 12.6. The van der Waals surface area contributed by atoms with Gasteiger partial charge in [0, 0.05) is 18.5 Å². The first-order valence-electron chi connectivity index (χ1n) is 11.0. The standard InChI is InChI=1S/C23H34N2O3/c1-15(24-23(26)13-16-11-18-8-9-19(12-16)25-18)17-7-10-21(22(14-17)27-2)28-20-5-3-4-6-20/h7,10,14-16,18-20,25H,3-6,8-9,11-13H2,1-2H3,(H,24,26). The van der Waals surface area contributed by atoms with Crippen molar-refractivity contribution in [3.05, 3.63) is 23.8 Å². The molecular formula is C23H34N2O3. The molecule has 1 aromatic rings. The quantitative estimate of drug-likeness (QED) is 0.740. The number of carbonyl (C=O) groups is 1. The largest absolute Gasteiger partial charge is 0.493 e. The van der Waals surface area contributed by atoms with E-state index in [0.717, 1.165) is 42.7 Å². The number of ether oxygens (including phenoxy) is 2. The third-order valence-corrected chi connectivity index (χ3v) is 6.71. The fourth-order valence-corrected chi connectivity index (χ4v) is 5.22. The van der Waals surface area contributed by atoms with Gasteiger partial charge in [-0.05, 0) is 81.9 Å². The molecule has 1 amide bonds. The molecule has 2 aliphatic heterocycles. The second-order valence-electron chi connectivity index (χ2n) is 8.90. The Morgan fingerprint density at radius 2 is 1.86 bits per heavy atom. The number of nitrogens with one attached hydrogen (secondary N) is 2. The van der Waals surface area contributed by atoms with Crippen LogP contribution in [-0.4, -0.2) is 31.2 Å². The van der Waals surface area contributed by atoms with Crippen LogP contribution in [0.5, 0.6) is 11.5 Å². The van der Waals surface area contributed by atoms with Gasteiger partial charge in [-0.15, -0.1) is 0 Å². The summed E-state index contributed by atoms with van der Waals surface area (Å²) < 4.78 is 11.7. The summed E-state index contributed by atoms with van der Waals surface area (Å²) in [5, 5.41) is 6.83. The molecule has 0 spiro atoms. The lowest BCUT2D eigenvalue weighted by Crippen LogP contribution is -2.40. The van der Waals surface area contributed by atoms with Gasteiger partial charge in [-0.3, -0.25) is 4.79 Å². The van der Waals surface area contributed by atoms with Gasteiger partial charge in [0.25, 0.3) is 0 Å². The van der Waals surface area contributed by atoms with Crippen molar-refractivity contribution in [3.63, 3.8) is 0 Å². The molecule has 154 valence electrons. The number of methoxy groups -OCH3 is 1. The maximum absolute atomic E-state index is 12.6. The number of amides is 1. The van der Waals surface area contributed by atoms with Crippen LogP contribution in [0, 0.1) is 5.92 Å². The van der Waals surface area contributed by atoms with Gasteiger partial charge in [0.15, 0.2) is 11.5 Å². The number of hydrogen-bond acceptors (Lipinski definition) is 4.